The molecule has 0 unspecified atom stereocenters. The minimum atomic E-state index is -4.67. The van der Waals surface area contributed by atoms with Crippen LogP contribution in [0.5, 0.6) is 0 Å². The molecule has 0 spiro atoms. The molecule has 4 N–H and O–H groups in total. The minimum Gasteiger partial charge on any atom is -0.397 e. The lowest BCUT2D eigenvalue weighted by Crippen LogP contribution is -2.22. The quantitative estimate of drug-likeness (QED) is 0.563. The summed E-state index contributed by atoms with van der Waals surface area (Å²) < 4.78 is 31.6. The number of hydrogen-bond acceptors (Lipinski definition) is 4. The van der Waals surface area contributed by atoms with Crippen molar-refractivity contribution in [3.05, 3.63) is 24.3 Å². The van der Waals surface area contributed by atoms with E-state index in [4.69, 9.17) is 23.3 Å². The average Bonchev–Trinajstić information content (AvgIpc) is 2.20. The molecule has 17 heavy (non-hydrogen) atoms. The maximum atomic E-state index is 8.74. The summed E-state index contributed by atoms with van der Waals surface area (Å²) in [5.74, 6) is 0. The third-order valence-corrected chi connectivity index (χ3v) is 2.04. The first kappa shape index (κ1) is 15.7. The molecular formula is C10H18N2O4S. The predicted octanol–water partition coefficient (Wildman–Crippen LogP) is 1.46. The van der Waals surface area contributed by atoms with Crippen LogP contribution in [0, 0.1) is 0 Å². The molecular weight excluding hydrogens is 244 g/mol. The second-order valence-corrected chi connectivity index (χ2v) is 4.07. The molecule has 7 heteroatoms. The van der Waals surface area contributed by atoms with Crippen molar-refractivity contribution in [2.75, 3.05) is 23.7 Å². The van der Waals surface area contributed by atoms with E-state index < -0.39 is 10.4 Å². The zero-order chi connectivity index (χ0) is 13.5. The Morgan fingerprint density at radius 1 is 1.18 bits per heavy atom. The van der Waals surface area contributed by atoms with Crippen molar-refractivity contribution in [1.29, 1.82) is 0 Å². The van der Waals surface area contributed by atoms with Crippen LogP contribution in [0.3, 0.4) is 0 Å². The highest BCUT2D eigenvalue weighted by Crippen LogP contribution is 2.21. The third kappa shape index (κ3) is 7.56. The normalized spacial score (nSPS) is 10.4. The van der Waals surface area contributed by atoms with Crippen LogP contribution in [0.15, 0.2) is 24.3 Å². The zero-order valence-corrected chi connectivity index (χ0v) is 10.7. The molecule has 0 aliphatic rings. The fourth-order valence-electron chi connectivity index (χ4n) is 1.34. The Morgan fingerprint density at radius 3 is 1.94 bits per heavy atom. The molecule has 1 aromatic rings. The Labute approximate surface area is 102 Å². The van der Waals surface area contributed by atoms with Crippen LogP contribution in [-0.4, -0.2) is 30.6 Å². The molecule has 0 atom stereocenters. The van der Waals surface area contributed by atoms with E-state index in [-0.39, 0.29) is 0 Å². The molecule has 6 nitrogen and oxygen atoms in total. The van der Waals surface area contributed by atoms with Crippen LogP contribution in [0.4, 0.5) is 11.4 Å². The molecule has 0 bridgehead atoms. The number of rotatable bonds is 3. The standard InChI is InChI=1S/C10H16N2.H2O4S/c1-3-12(4-2)10-8-6-5-7-9(10)11;1-5(2,3)4/h5-8H,3-4,11H2,1-2H3;(H2,1,2,3,4). The Balaban J connectivity index is 0.000000437. The molecule has 0 saturated carbocycles. The lowest BCUT2D eigenvalue weighted by molar-refractivity contribution is 0.381. The second-order valence-electron chi connectivity index (χ2n) is 3.18. The van der Waals surface area contributed by atoms with E-state index in [2.05, 4.69) is 24.8 Å². The summed E-state index contributed by atoms with van der Waals surface area (Å²) in [5.41, 5.74) is 7.83. The summed E-state index contributed by atoms with van der Waals surface area (Å²) in [6.45, 7) is 6.28. The van der Waals surface area contributed by atoms with Crippen molar-refractivity contribution < 1.29 is 17.5 Å². The molecule has 98 valence electrons. The van der Waals surface area contributed by atoms with Crippen LogP contribution >= 0.6 is 0 Å². The van der Waals surface area contributed by atoms with Crippen LogP contribution in [-0.2, 0) is 10.4 Å². The summed E-state index contributed by atoms with van der Waals surface area (Å²) in [5, 5.41) is 0. The second kappa shape index (κ2) is 7.10. The first-order valence-corrected chi connectivity index (χ1v) is 6.48. The van der Waals surface area contributed by atoms with Gasteiger partial charge in [0.1, 0.15) is 0 Å². The van der Waals surface area contributed by atoms with Crippen LogP contribution in [0.1, 0.15) is 13.8 Å². The van der Waals surface area contributed by atoms with Gasteiger partial charge in [0.25, 0.3) is 0 Å². The number of nitrogens with zero attached hydrogens (tertiary/aromatic N) is 1. The average molecular weight is 262 g/mol. The highest BCUT2D eigenvalue weighted by Gasteiger charge is 2.03. The van der Waals surface area contributed by atoms with E-state index >= 15 is 0 Å². The van der Waals surface area contributed by atoms with Crippen molar-refractivity contribution in [3.8, 4) is 0 Å². The van der Waals surface area contributed by atoms with Crippen LogP contribution in [0.25, 0.3) is 0 Å². The van der Waals surface area contributed by atoms with Crippen LogP contribution < -0.4 is 10.6 Å². The Hall–Kier alpha value is -1.31. The van der Waals surface area contributed by atoms with Gasteiger partial charge in [-0.2, -0.15) is 8.42 Å². The van der Waals surface area contributed by atoms with Gasteiger partial charge in [-0.25, -0.2) is 0 Å². The SMILES string of the molecule is CCN(CC)c1ccccc1N.O=S(=O)(O)O. The number of hydrogen-bond donors (Lipinski definition) is 3. The van der Waals surface area contributed by atoms with Crippen molar-refractivity contribution in [3.63, 3.8) is 0 Å². The third-order valence-electron chi connectivity index (χ3n) is 2.04. The van der Waals surface area contributed by atoms with E-state index in [0.29, 0.717) is 0 Å². The molecule has 0 aliphatic carbocycles. The lowest BCUT2D eigenvalue weighted by atomic mass is 10.2. The smallest absolute Gasteiger partial charge is 0.394 e. The zero-order valence-electron chi connectivity index (χ0n) is 9.87. The molecule has 0 saturated heterocycles. The largest absolute Gasteiger partial charge is 0.397 e. The highest BCUT2D eigenvalue weighted by molar-refractivity contribution is 7.79. The first-order chi connectivity index (χ1) is 7.79. The molecule has 0 fully saturated rings. The molecule has 1 rings (SSSR count). The lowest BCUT2D eigenvalue weighted by Gasteiger charge is -2.22. The molecule has 1 aromatic carbocycles. The van der Waals surface area contributed by atoms with Gasteiger partial charge in [-0.3, -0.25) is 9.11 Å². The number of nitrogens with two attached hydrogens (primary N) is 1. The van der Waals surface area contributed by atoms with Crippen LogP contribution in [0.2, 0.25) is 0 Å². The predicted molar refractivity (Wildman–Crippen MR) is 68.6 cm³/mol. The Kier molecular flexibility index (Phi) is 6.55. The number of para-hydroxylation sites is 2. The topological polar surface area (TPSA) is 104 Å². The van der Waals surface area contributed by atoms with Gasteiger partial charge in [0.05, 0.1) is 11.4 Å². The summed E-state index contributed by atoms with van der Waals surface area (Å²) >= 11 is 0. The summed E-state index contributed by atoms with van der Waals surface area (Å²) in [4.78, 5) is 2.25. The number of benzene rings is 1. The highest BCUT2D eigenvalue weighted by atomic mass is 32.3. The first-order valence-electron chi connectivity index (χ1n) is 5.08. The minimum absolute atomic E-state index is 0.862. The van der Waals surface area contributed by atoms with E-state index in [9.17, 15) is 0 Å². The molecule has 0 amide bonds. The van der Waals surface area contributed by atoms with Gasteiger partial charge in [-0.15, -0.1) is 0 Å². The number of nitrogen functional groups attached to an aromatic ring is 1. The van der Waals surface area contributed by atoms with E-state index in [1.54, 1.807) is 0 Å². The van der Waals surface area contributed by atoms with Gasteiger partial charge >= 0.3 is 10.4 Å². The Morgan fingerprint density at radius 2 is 1.59 bits per heavy atom. The molecule has 0 heterocycles. The van der Waals surface area contributed by atoms with Crippen molar-refractivity contribution in [1.82, 2.24) is 0 Å². The van der Waals surface area contributed by atoms with E-state index in [0.717, 1.165) is 24.5 Å². The fourth-order valence-corrected chi connectivity index (χ4v) is 1.34. The van der Waals surface area contributed by atoms with E-state index in [1.165, 1.54) is 0 Å². The summed E-state index contributed by atoms with van der Waals surface area (Å²) in [6.07, 6.45) is 0. The van der Waals surface area contributed by atoms with E-state index in [1.807, 2.05) is 18.2 Å². The monoisotopic (exact) mass is 262 g/mol. The van der Waals surface area contributed by atoms with Gasteiger partial charge in [-0.05, 0) is 26.0 Å². The van der Waals surface area contributed by atoms with Gasteiger partial charge in [-0.1, -0.05) is 12.1 Å². The van der Waals surface area contributed by atoms with Gasteiger partial charge < -0.3 is 10.6 Å². The van der Waals surface area contributed by atoms with Crippen molar-refractivity contribution >= 4 is 21.8 Å². The molecule has 0 radical (unpaired) electrons. The summed E-state index contributed by atoms with van der Waals surface area (Å²) in [6, 6.07) is 7.97. The number of anilines is 2. The van der Waals surface area contributed by atoms with Gasteiger partial charge in [0, 0.05) is 13.1 Å². The van der Waals surface area contributed by atoms with Crippen molar-refractivity contribution in [2.45, 2.75) is 13.8 Å². The van der Waals surface area contributed by atoms with Gasteiger partial charge in [0.15, 0.2) is 0 Å². The van der Waals surface area contributed by atoms with Crippen molar-refractivity contribution in [2.24, 2.45) is 0 Å². The van der Waals surface area contributed by atoms with Gasteiger partial charge in [0.2, 0.25) is 0 Å². The maximum Gasteiger partial charge on any atom is 0.394 e. The maximum absolute atomic E-state index is 8.74. The molecule has 0 aromatic heterocycles. The summed E-state index contributed by atoms with van der Waals surface area (Å²) in [7, 11) is -4.67. The Bertz CT molecular complexity index is 422. The fraction of sp³-hybridized carbons (Fsp3) is 0.400. The molecule has 0 aliphatic heterocycles.